The maximum absolute atomic E-state index is 13.2. The number of aryl methyl sites for hydroxylation is 1. The summed E-state index contributed by atoms with van der Waals surface area (Å²) in [5.74, 6) is 0.615. The second kappa shape index (κ2) is 5.21. The van der Waals surface area contributed by atoms with Crippen molar-refractivity contribution in [3.05, 3.63) is 53.8 Å². The van der Waals surface area contributed by atoms with Crippen LogP contribution in [0.3, 0.4) is 0 Å². The molecule has 0 aliphatic carbocycles. The Bertz CT molecular complexity index is 749. The summed E-state index contributed by atoms with van der Waals surface area (Å²) in [6.07, 6.45) is 0. The Hall–Kier alpha value is -1.94. The van der Waals surface area contributed by atoms with Crippen molar-refractivity contribution in [3.63, 3.8) is 0 Å². The molecule has 1 heterocycles. The van der Waals surface area contributed by atoms with Crippen LogP contribution in [0.2, 0.25) is 0 Å². The van der Waals surface area contributed by atoms with Crippen LogP contribution in [0.15, 0.2) is 52.4 Å². The fraction of sp³-hybridized carbons (Fsp3) is 0.125. The van der Waals surface area contributed by atoms with Gasteiger partial charge in [0.25, 0.3) is 0 Å². The van der Waals surface area contributed by atoms with Gasteiger partial charge in [0.1, 0.15) is 11.6 Å². The van der Waals surface area contributed by atoms with E-state index in [4.69, 9.17) is 4.74 Å². The number of benzene rings is 2. The third-order valence-electron chi connectivity index (χ3n) is 3.25. The quantitative estimate of drug-likeness (QED) is 0.750. The Morgan fingerprint density at radius 3 is 2.55 bits per heavy atom. The zero-order chi connectivity index (χ0) is 14.1. The molecule has 20 heavy (non-hydrogen) atoms. The molecular weight excluding hydrogens is 273 g/mol. The number of fused-ring (bicyclic) bond motifs is 1. The lowest BCUT2D eigenvalue weighted by Gasteiger charge is -2.03. The van der Waals surface area contributed by atoms with Crippen LogP contribution in [0.1, 0.15) is 5.56 Å². The number of nitrogens with one attached hydrogen (secondary N) is 1. The minimum Gasteiger partial charge on any atom is -0.497 e. The van der Waals surface area contributed by atoms with Gasteiger partial charge in [-0.25, -0.2) is 4.39 Å². The molecule has 0 bridgehead atoms. The molecule has 0 atom stereocenters. The van der Waals surface area contributed by atoms with Gasteiger partial charge in [-0.2, -0.15) is 0 Å². The van der Waals surface area contributed by atoms with Gasteiger partial charge in [-0.1, -0.05) is 11.8 Å². The standard InChI is InChI=1S/C16H14FNOS/c1-10-14-8-3-11(17)9-15(14)18-16(10)20-13-6-4-12(19-2)5-7-13/h3-9,18H,1-2H3. The van der Waals surface area contributed by atoms with E-state index in [-0.39, 0.29) is 5.82 Å². The number of methoxy groups -OCH3 is 1. The summed E-state index contributed by atoms with van der Waals surface area (Å²) in [6.45, 7) is 2.04. The molecule has 102 valence electrons. The molecule has 2 aromatic carbocycles. The van der Waals surface area contributed by atoms with Crippen LogP contribution in [0.4, 0.5) is 4.39 Å². The SMILES string of the molecule is COc1ccc(Sc2[nH]c3cc(F)ccc3c2C)cc1. The van der Waals surface area contributed by atoms with Gasteiger partial charge >= 0.3 is 0 Å². The summed E-state index contributed by atoms with van der Waals surface area (Å²) in [5, 5.41) is 2.10. The first-order chi connectivity index (χ1) is 9.67. The predicted molar refractivity (Wildman–Crippen MR) is 80.1 cm³/mol. The Kier molecular flexibility index (Phi) is 3.40. The second-order valence-corrected chi connectivity index (χ2v) is 5.63. The molecule has 3 rings (SSSR count). The number of H-pyrrole nitrogens is 1. The summed E-state index contributed by atoms with van der Waals surface area (Å²) >= 11 is 1.63. The van der Waals surface area contributed by atoms with Crippen molar-refractivity contribution in [2.24, 2.45) is 0 Å². The number of halogens is 1. The van der Waals surface area contributed by atoms with Gasteiger partial charge in [0.15, 0.2) is 0 Å². The van der Waals surface area contributed by atoms with Crippen LogP contribution >= 0.6 is 11.8 Å². The smallest absolute Gasteiger partial charge is 0.125 e. The highest BCUT2D eigenvalue weighted by Crippen LogP contribution is 2.34. The van der Waals surface area contributed by atoms with Gasteiger partial charge in [-0.3, -0.25) is 0 Å². The molecule has 1 aromatic heterocycles. The topological polar surface area (TPSA) is 25.0 Å². The van der Waals surface area contributed by atoms with Gasteiger partial charge < -0.3 is 9.72 Å². The lowest BCUT2D eigenvalue weighted by Crippen LogP contribution is -1.81. The van der Waals surface area contributed by atoms with Gasteiger partial charge in [0.05, 0.1) is 12.1 Å². The molecular formula is C16H14FNOS. The summed E-state index contributed by atoms with van der Waals surface area (Å²) in [4.78, 5) is 4.39. The van der Waals surface area contributed by atoms with Crippen LogP contribution in [-0.2, 0) is 0 Å². The predicted octanol–water partition coefficient (Wildman–Crippen LogP) is 4.78. The fourth-order valence-corrected chi connectivity index (χ4v) is 3.08. The van der Waals surface area contributed by atoms with Crippen molar-refractivity contribution < 1.29 is 9.13 Å². The summed E-state index contributed by atoms with van der Waals surface area (Å²) in [5.41, 5.74) is 1.97. The average molecular weight is 287 g/mol. The van der Waals surface area contributed by atoms with Crippen molar-refractivity contribution in [1.29, 1.82) is 0 Å². The minimum atomic E-state index is -0.222. The summed E-state index contributed by atoms with van der Waals surface area (Å²) < 4.78 is 18.4. The maximum Gasteiger partial charge on any atom is 0.125 e. The Morgan fingerprint density at radius 1 is 1.10 bits per heavy atom. The maximum atomic E-state index is 13.2. The normalized spacial score (nSPS) is 10.9. The van der Waals surface area contributed by atoms with Gasteiger partial charge in [-0.05, 0) is 55.0 Å². The van der Waals surface area contributed by atoms with Crippen LogP contribution in [0.25, 0.3) is 10.9 Å². The largest absolute Gasteiger partial charge is 0.497 e. The molecule has 0 saturated heterocycles. The molecule has 3 aromatic rings. The Morgan fingerprint density at radius 2 is 1.85 bits per heavy atom. The third-order valence-corrected chi connectivity index (χ3v) is 4.37. The molecule has 0 radical (unpaired) electrons. The van der Waals surface area contributed by atoms with E-state index < -0.39 is 0 Å². The zero-order valence-electron chi connectivity index (χ0n) is 11.2. The lowest BCUT2D eigenvalue weighted by atomic mass is 10.2. The van der Waals surface area contributed by atoms with E-state index in [9.17, 15) is 4.39 Å². The van der Waals surface area contributed by atoms with E-state index in [1.54, 1.807) is 18.9 Å². The Labute approximate surface area is 121 Å². The number of hydrogen-bond donors (Lipinski definition) is 1. The lowest BCUT2D eigenvalue weighted by molar-refractivity contribution is 0.414. The molecule has 2 nitrogen and oxygen atoms in total. The number of hydrogen-bond acceptors (Lipinski definition) is 2. The van der Waals surface area contributed by atoms with Crippen molar-refractivity contribution in [2.75, 3.05) is 7.11 Å². The van der Waals surface area contributed by atoms with E-state index in [2.05, 4.69) is 4.98 Å². The average Bonchev–Trinajstić information content (AvgIpc) is 2.75. The molecule has 0 fully saturated rings. The third kappa shape index (κ3) is 2.39. The van der Waals surface area contributed by atoms with Crippen molar-refractivity contribution >= 4 is 22.7 Å². The number of rotatable bonds is 3. The van der Waals surface area contributed by atoms with E-state index in [1.165, 1.54) is 12.1 Å². The molecule has 0 aliphatic heterocycles. The molecule has 4 heteroatoms. The number of aromatic amines is 1. The van der Waals surface area contributed by atoms with E-state index in [0.29, 0.717) is 0 Å². The summed E-state index contributed by atoms with van der Waals surface area (Å²) in [7, 11) is 1.65. The molecule has 0 amide bonds. The fourth-order valence-electron chi connectivity index (χ4n) is 2.15. The molecule has 0 spiro atoms. The molecule has 0 unspecified atom stereocenters. The van der Waals surface area contributed by atoms with Crippen molar-refractivity contribution in [3.8, 4) is 5.75 Å². The van der Waals surface area contributed by atoms with E-state index in [0.717, 1.165) is 32.1 Å². The number of aromatic nitrogens is 1. The van der Waals surface area contributed by atoms with Crippen LogP contribution in [0, 0.1) is 12.7 Å². The Balaban J connectivity index is 1.95. The van der Waals surface area contributed by atoms with Crippen LogP contribution < -0.4 is 4.74 Å². The monoisotopic (exact) mass is 287 g/mol. The zero-order valence-corrected chi connectivity index (χ0v) is 12.1. The highest BCUT2D eigenvalue weighted by molar-refractivity contribution is 7.99. The first-order valence-corrected chi connectivity index (χ1v) is 7.09. The molecule has 0 aliphatic rings. The highest BCUT2D eigenvalue weighted by atomic mass is 32.2. The first kappa shape index (κ1) is 13.1. The summed E-state index contributed by atoms with van der Waals surface area (Å²) in [6, 6.07) is 12.7. The first-order valence-electron chi connectivity index (χ1n) is 6.27. The van der Waals surface area contributed by atoms with Gasteiger partial charge in [-0.15, -0.1) is 0 Å². The second-order valence-electron chi connectivity index (χ2n) is 4.55. The minimum absolute atomic E-state index is 0.222. The molecule has 1 N–H and O–H groups in total. The van der Waals surface area contributed by atoms with Gasteiger partial charge in [0.2, 0.25) is 0 Å². The van der Waals surface area contributed by atoms with E-state index >= 15 is 0 Å². The number of ether oxygens (including phenoxy) is 1. The highest BCUT2D eigenvalue weighted by Gasteiger charge is 2.09. The van der Waals surface area contributed by atoms with Crippen LogP contribution in [-0.4, -0.2) is 12.1 Å². The van der Waals surface area contributed by atoms with Crippen LogP contribution in [0.5, 0.6) is 5.75 Å². The van der Waals surface area contributed by atoms with Crippen molar-refractivity contribution in [2.45, 2.75) is 16.8 Å². The van der Waals surface area contributed by atoms with E-state index in [1.807, 2.05) is 37.3 Å². The van der Waals surface area contributed by atoms with Crippen molar-refractivity contribution in [1.82, 2.24) is 4.98 Å². The molecule has 0 saturated carbocycles. The van der Waals surface area contributed by atoms with Gasteiger partial charge in [0, 0.05) is 15.8 Å².